The number of nitrogens with one attached hydrogen (secondary N) is 2. The molecule has 2 heterocycles. The third-order valence-electron chi connectivity index (χ3n) is 4.64. The lowest BCUT2D eigenvalue weighted by Gasteiger charge is -2.09. The summed E-state index contributed by atoms with van der Waals surface area (Å²) >= 11 is 0.797. The van der Waals surface area contributed by atoms with Crippen LogP contribution in [0.15, 0.2) is 60.8 Å². The fraction of sp³-hybridized carbons (Fsp3) is 0.130. The highest BCUT2D eigenvalue weighted by atomic mass is 32.1. The number of halogens is 4. The van der Waals surface area contributed by atoms with Crippen molar-refractivity contribution in [1.82, 2.24) is 14.3 Å². The summed E-state index contributed by atoms with van der Waals surface area (Å²) in [6.07, 6.45) is -3.24. The summed E-state index contributed by atoms with van der Waals surface area (Å²) in [6.45, 7) is 2.36. The van der Waals surface area contributed by atoms with E-state index in [2.05, 4.69) is 25.0 Å². The first-order valence-electron chi connectivity index (χ1n) is 10.2. The lowest BCUT2D eigenvalue weighted by Crippen LogP contribution is -2.11. The second-order valence-electron chi connectivity index (χ2n) is 7.09. The topological polar surface area (TPSA) is 89.0 Å². The van der Waals surface area contributed by atoms with E-state index in [1.54, 1.807) is 42.6 Å². The zero-order valence-corrected chi connectivity index (χ0v) is 18.9. The molecule has 0 aliphatic rings. The monoisotopic (exact) mass is 503 g/mol. The second kappa shape index (κ2) is 10.1. The highest BCUT2D eigenvalue weighted by Crippen LogP contribution is 2.34. The maximum Gasteiger partial charge on any atom is 0.419 e. The molecule has 0 aliphatic carbocycles. The Bertz CT molecular complexity index is 1340. The maximum atomic E-state index is 13.5. The van der Waals surface area contributed by atoms with Crippen LogP contribution in [0.3, 0.4) is 0 Å². The molecule has 0 fully saturated rings. The molecule has 0 aliphatic heterocycles. The number of alkyl halides is 3. The zero-order valence-electron chi connectivity index (χ0n) is 18.1. The van der Waals surface area contributed by atoms with Crippen molar-refractivity contribution in [2.45, 2.75) is 13.1 Å². The van der Waals surface area contributed by atoms with E-state index in [0.29, 0.717) is 30.2 Å². The van der Waals surface area contributed by atoms with E-state index in [9.17, 15) is 22.4 Å². The first kappa shape index (κ1) is 24.1. The van der Waals surface area contributed by atoms with Crippen LogP contribution in [0.25, 0.3) is 11.4 Å². The molecule has 0 unspecified atom stereocenters. The molecular weight excluding hydrogens is 486 g/mol. The number of rotatable bonds is 7. The predicted molar refractivity (Wildman–Crippen MR) is 123 cm³/mol. The van der Waals surface area contributed by atoms with Crippen molar-refractivity contribution in [3.05, 3.63) is 77.7 Å². The van der Waals surface area contributed by atoms with Crippen molar-refractivity contribution in [3.63, 3.8) is 0 Å². The van der Waals surface area contributed by atoms with Gasteiger partial charge in [-0.05, 0) is 55.5 Å². The van der Waals surface area contributed by atoms with Gasteiger partial charge in [-0.1, -0.05) is 0 Å². The molecule has 0 bridgehead atoms. The Kier molecular flexibility index (Phi) is 6.92. The smallest absolute Gasteiger partial charge is 0.419 e. The van der Waals surface area contributed by atoms with Gasteiger partial charge in [0.2, 0.25) is 11.0 Å². The Labute approximate surface area is 201 Å². The summed E-state index contributed by atoms with van der Waals surface area (Å²) in [7, 11) is 0. The zero-order chi connectivity index (χ0) is 25.0. The van der Waals surface area contributed by atoms with E-state index in [4.69, 9.17) is 4.74 Å². The SMILES string of the molecule is CCOc1cc(Nc2ccc(C(=O)Nc3nc(-c4ccc(F)c(C(F)(F)F)c4)ns3)cc2)ccn1. The molecule has 12 heteroatoms. The van der Waals surface area contributed by atoms with Crippen LogP contribution in [0.5, 0.6) is 5.88 Å². The number of pyridine rings is 1. The van der Waals surface area contributed by atoms with Crippen molar-refractivity contribution in [2.24, 2.45) is 0 Å². The molecule has 1 amide bonds. The molecule has 35 heavy (non-hydrogen) atoms. The van der Waals surface area contributed by atoms with Gasteiger partial charge in [-0.2, -0.15) is 22.5 Å². The van der Waals surface area contributed by atoms with Gasteiger partial charge in [0, 0.05) is 46.3 Å². The average Bonchev–Trinajstić information content (AvgIpc) is 3.28. The summed E-state index contributed by atoms with van der Waals surface area (Å²) in [5.41, 5.74) is 0.388. The number of nitrogens with zero attached hydrogens (tertiary/aromatic N) is 3. The van der Waals surface area contributed by atoms with Crippen LogP contribution in [0.1, 0.15) is 22.8 Å². The van der Waals surface area contributed by atoms with Crippen LogP contribution in [0.4, 0.5) is 34.1 Å². The van der Waals surface area contributed by atoms with Gasteiger partial charge in [-0.3, -0.25) is 10.1 Å². The van der Waals surface area contributed by atoms with E-state index < -0.39 is 23.5 Å². The molecule has 0 saturated heterocycles. The summed E-state index contributed by atoms with van der Waals surface area (Å²) in [6, 6.07) is 12.6. The molecular formula is C23H17F4N5O2S. The van der Waals surface area contributed by atoms with Gasteiger partial charge in [0.05, 0.1) is 12.2 Å². The average molecular weight is 503 g/mol. The first-order valence-corrected chi connectivity index (χ1v) is 11.0. The molecule has 7 nitrogen and oxygen atoms in total. The number of ether oxygens (including phenoxy) is 1. The molecule has 0 atom stereocenters. The molecule has 2 aromatic carbocycles. The summed E-state index contributed by atoms with van der Waals surface area (Å²) in [5.74, 6) is -1.43. The Morgan fingerprint density at radius 2 is 1.83 bits per heavy atom. The molecule has 180 valence electrons. The van der Waals surface area contributed by atoms with Gasteiger partial charge in [0.15, 0.2) is 5.82 Å². The number of carbonyl (C=O) groups is 1. The Morgan fingerprint density at radius 1 is 1.06 bits per heavy atom. The van der Waals surface area contributed by atoms with Gasteiger partial charge >= 0.3 is 6.18 Å². The standard InChI is InChI=1S/C23H17F4N5O2S/c1-2-34-19-12-16(9-10-28-19)29-15-6-3-13(4-7-15)21(33)31-22-30-20(32-35-22)14-5-8-18(24)17(11-14)23(25,26)27/h3-12H,2H2,1H3,(H,28,29)(H,30,31,32,33). The summed E-state index contributed by atoms with van der Waals surface area (Å²) in [4.78, 5) is 20.7. The van der Waals surface area contributed by atoms with E-state index in [-0.39, 0.29) is 16.5 Å². The minimum Gasteiger partial charge on any atom is -0.478 e. The van der Waals surface area contributed by atoms with Crippen molar-refractivity contribution in [3.8, 4) is 17.3 Å². The minimum absolute atomic E-state index is 0.0190. The van der Waals surface area contributed by atoms with E-state index >= 15 is 0 Å². The molecule has 4 aromatic rings. The van der Waals surface area contributed by atoms with Gasteiger partial charge < -0.3 is 10.1 Å². The van der Waals surface area contributed by atoms with Crippen LogP contribution < -0.4 is 15.4 Å². The van der Waals surface area contributed by atoms with Crippen LogP contribution in [0, 0.1) is 5.82 Å². The normalized spacial score (nSPS) is 11.2. The Morgan fingerprint density at radius 3 is 2.54 bits per heavy atom. The van der Waals surface area contributed by atoms with Crippen molar-refractivity contribution in [1.29, 1.82) is 0 Å². The third-order valence-corrected chi connectivity index (χ3v) is 5.27. The third kappa shape index (κ3) is 5.90. The van der Waals surface area contributed by atoms with Crippen molar-refractivity contribution >= 4 is 33.9 Å². The van der Waals surface area contributed by atoms with E-state index in [1.165, 1.54) is 0 Å². The van der Waals surface area contributed by atoms with Crippen LogP contribution in [-0.4, -0.2) is 26.9 Å². The first-order chi connectivity index (χ1) is 16.7. The maximum absolute atomic E-state index is 13.5. The predicted octanol–water partition coefficient (Wildman–Crippen LogP) is 6.15. The van der Waals surface area contributed by atoms with Crippen LogP contribution >= 0.6 is 11.5 Å². The molecule has 0 radical (unpaired) electrons. The van der Waals surface area contributed by atoms with Gasteiger partial charge in [-0.25, -0.2) is 9.37 Å². The molecule has 4 rings (SSSR count). The summed E-state index contributed by atoms with van der Waals surface area (Å²) in [5, 5.41) is 5.83. The number of amides is 1. The Balaban J connectivity index is 1.42. The molecule has 0 spiro atoms. The van der Waals surface area contributed by atoms with Crippen molar-refractivity contribution < 1.29 is 27.1 Å². The number of hydrogen-bond donors (Lipinski definition) is 2. The number of carbonyl (C=O) groups excluding carboxylic acids is 1. The number of benzene rings is 2. The van der Waals surface area contributed by atoms with Crippen molar-refractivity contribution in [2.75, 3.05) is 17.2 Å². The highest BCUT2D eigenvalue weighted by Gasteiger charge is 2.34. The minimum atomic E-state index is -4.85. The van der Waals surface area contributed by atoms with Gasteiger partial charge in [0.25, 0.3) is 5.91 Å². The largest absolute Gasteiger partial charge is 0.478 e. The van der Waals surface area contributed by atoms with E-state index in [0.717, 1.165) is 29.0 Å². The molecule has 0 saturated carbocycles. The van der Waals surface area contributed by atoms with Crippen LogP contribution in [0.2, 0.25) is 0 Å². The number of anilines is 3. The number of aromatic nitrogens is 3. The Hall–Kier alpha value is -4.06. The number of hydrogen-bond acceptors (Lipinski definition) is 7. The summed E-state index contributed by atoms with van der Waals surface area (Å²) < 4.78 is 61.7. The van der Waals surface area contributed by atoms with Crippen LogP contribution in [-0.2, 0) is 6.18 Å². The fourth-order valence-corrected chi connectivity index (χ4v) is 3.61. The molecule has 2 aromatic heterocycles. The second-order valence-corrected chi connectivity index (χ2v) is 7.84. The van der Waals surface area contributed by atoms with Gasteiger partial charge in [0.1, 0.15) is 5.82 Å². The highest BCUT2D eigenvalue weighted by molar-refractivity contribution is 7.10. The van der Waals surface area contributed by atoms with E-state index in [1.807, 2.05) is 6.92 Å². The lowest BCUT2D eigenvalue weighted by atomic mass is 10.1. The molecule has 2 N–H and O–H groups in total. The lowest BCUT2D eigenvalue weighted by molar-refractivity contribution is -0.139. The quantitative estimate of drug-likeness (QED) is 0.294. The fourth-order valence-electron chi connectivity index (χ4n) is 3.03. The van der Waals surface area contributed by atoms with Gasteiger partial charge in [-0.15, -0.1) is 0 Å².